The van der Waals surface area contributed by atoms with Crippen LogP contribution in [0.25, 0.3) is 10.9 Å². The van der Waals surface area contributed by atoms with Gasteiger partial charge in [-0.1, -0.05) is 0 Å². The minimum atomic E-state index is -0.378. The van der Waals surface area contributed by atoms with Crippen LogP contribution in [0.3, 0.4) is 0 Å². The number of rotatable bonds is 3. The molecule has 0 amide bonds. The number of aryl methyl sites for hydroxylation is 1. The Morgan fingerprint density at radius 2 is 2.12 bits per heavy atom. The fourth-order valence-electron chi connectivity index (χ4n) is 3.26. The zero-order valence-corrected chi connectivity index (χ0v) is 14.7. The van der Waals surface area contributed by atoms with Crippen molar-refractivity contribution in [1.82, 2.24) is 18.9 Å². The molecule has 1 fully saturated rings. The van der Waals surface area contributed by atoms with E-state index in [1.54, 1.807) is 4.57 Å². The van der Waals surface area contributed by atoms with Gasteiger partial charge in [-0.3, -0.25) is 9.36 Å². The third-order valence-corrected chi connectivity index (χ3v) is 5.51. The third-order valence-electron chi connectivity index (χ3n) is 4.64. The molecule has 0 aliphatic carbocycles. The van der Waals surface area contributed by atoms with E-state index < -0.39 is 0 Å². The van der Waals surface area contributed by atoms with E-state index >= 15 is 0 Å². The molecule has 3 aromatic rings. The number of hydrogen-bond donors (Lipinski definition) is 0. The van der Waals surface area contributed by atoms with E-state index in [9.17, 15) is 9.18 Å². The normalized spacial score (nSPS) is 15.8. The lowest BCUT2D eigenvalue weighted by atomic mass is 9.97. The number of fused-ring (bicyclic) bond motifs is 1. The maximum absolute atomic E-state index is 13.3. The number of aromatic nitrogens is 4. The summed E-state index contributed by atoms with van der Waals surface area (Å²) in [5.74, 6) is 0.853. The van der Waals surface area contributed by atoms with Gasteiger partial charge in [0.05, 0.1) is 17.2 Å². The topological polar surface area (TPSA) is 63.9 Å². The molecule has 25 heavy (non-hydrogen) atoms. The van der Waals surface area contributed by atoms with Crippen molar-refractivity contribution >= 4 is 27.6 Å². The highest BCUT2D eigenvalue weighted by atomic mass is 32.1. The molecular weight excluding hydrogens is 341 g/mol. The molecule has 0 N–H and O–H groups in total. The molecule has 0 spiro atoms. The second-order valence-corrected chi connectivity index (χ2v) is 7.15. The minimum absolute atomic E-state index is 0.104. The van der Waals surface area contributed by atoms with E-state index in [1.807, 2.05) is 6.92 Å². The van der Waals surface area contributed by atoms with Crippen LogP contribution in [0.15, 0.2) is 29.3 Å². The molecule has 8 heteroatoms. The van der Waals surface area contributed by atoms with Gasteiger partial charge in [0, 0.05) is 37.2 Å². The van der Waals surface area contributed by atoms with Crippen LogP contribution in [0.2, 0.25) is 0 Å². The van der Waals surface area contributed by atoms with Crippen molar-refractivity contribution in [3.8, 4) is 0 Å². The molecule has 1 aliphatic rings. The van der Waals surface area contributed by atoms with Gasteiger partial charge in [0.1, 0.15) is 11.6 Å². The van der Waals surface area contributed by atoms with Crippen LogP contribution in [0, 0.1) is 18.7 Å². The zero-order chi connectivity index (χ0) is 17.4. The van der Waals surface area contributed by atoms with E-state index in [-0.39, 0.29) is 11.4 Å². The van der Waals surface area contributed by atoms with Crippen LogP contribution in [-0.2, 0) is 6.54 Å². The third kappa shape index (κ3) is 3.26. The molecule has 4 rings (SSSR count). The van der Waals surface area contributed by atoms with Crippen molar-refractivity contribution in [2.45, 2.75) is 26.3 Å². The van der Waals surface area contributed by atoms with Crippen LogP contribution < -0.4 is 10.5 Å². The number of anilines is 1. The molecule has 0 bridgehead atoms. The van der Waals surface area contributed by atoms with Crippen LogP contribution in [0.4, 0.5) is 9.52 Å². The Hall–Kier alpha value is -2.35. The molecule has 1 saturated heterocycles. The monoisotopic (exact) mass is 359 g/mol. The number of piperidine rings is 1. The van der Waals surface area contributed by atoms with E-state index in [4.69, 9.17) is 0 Å². The van der Waals surface area contributed by atoms with E-state index in [0.29, 0.717) is 23.4 Å². The SMILES string of the molecule is Cc1nsc(N2CCC(Cn3cnc4cc(F)ccc4c3=O)CC2)n1. The predicted octanol–water partition coefficient (Wildman–Crippen LogP) is 2.61. The fraction of sp³-hybridized carbons (Fsp3) is 0.412. The molecule has 0 atom stereocenters. The largest absolute Gasteiger partial charge is 0.347 e. The van der Waals surface area contributed by atoms with Crippen molar-refractivity contribution in [3.63, 3.8) is 0 Å². The number of benzene rings is 1. The van der Waals surface area contributed by atoms with Gasteiger partial charge in [-0.05, 0) is 37.8 Å². The van der Waals surface area contributed by atoms with E-state index in [0.717, 1.165) is 36.9 Å². The minimum Gasteiger partial charge on any atom is -0.347 e. The Bertz CT molecular complexity index is 961. The van der Waals surface area contributed by atoms with Gasteiger partial charge in [0.15, 0.2) is 0 Å². The fourth-order valence-corrected chi connectivity index (χ4v) is 3.99. The quantitative estimate of drug-likeness (QED) is 0.719. The summed E-state index contributed by atoms with van der Waals surface area (Å²) in [6.45, 7) is 4.38. The summed E-state index contributed by atoms with van der Waals surface area (Å²) in [4.78, 5) is 23.5. The Labute approximate surface area is 148 Å². The molecule has 6 nitrogen and oxygen atoms in total. The predicted molar refractivity (Wildman–Crippen MR) is 95.5 cm³/mol. The van der Waals surface area contributed by atoms with Gasteiger partial charge < -0.3 is 4.90 Å². The Morgan fingerprint density at radius 3 is 2.84 bits per heavy atom. The van der Waals surface area contributed by atoms with Gasteiger partial charge in [-0.15, -0.1) is 0 Å². The van der Waals surface area contributed by atoms with Crippen LogP contribution in [0.5, 0.6) is 0 Å². The standard InChI is InChI=1S/C17H18FN5OS/c1-11-20-17(25-21-11)22-6-4-12(5-7-22)9-23-10-19-15-8-13(18)2-3-14(15)16(23)24/h2-3,8,10,12H,4-7,9H2,1H3. The highest BCUT2D eigenvalue weighted by Gasteiger charge is 2.22. The maximum Gasteiger partial charge on any atom is 0.261 e. The first-order valence-corrected chi connectivity index (χ1v) is 9.07. The van der Waals surface area contributed by atoms with Crippen molar-refractivity contribution in [3.05, 3.63) is 46.5 Å². The average Bonchev–Trinajstić information content (AvgIpc) is 3.04. The first-order chi connectivity index (χ1) is 12.1. The van der Waals surface area contributed by atoms with Crippen molar-refractivity contribution in [2.24, 2.45) is 5.92 Å². The number of halogens is 1. The molecule has 0 radical (unpaired) electrons. The maximum atomic E-state index is 13.3. The van der Waals surface area contributed by atoms with Gasteiger partial charge in [-0.2, -0.15) is 4.37 Å². The summed E-state index contributed by atoms with van der Waals surface area (Å²) in [5.41, 5.74) is 0.301. The zero-order valence-electron chi connectivity index (χ0n) is 13.9. The molecule has 0 saturated carbocycles. The summed E-state index contributed by atoms with van der Waals surface area (Å²) < 4.78 is 19.1. The first-order valence-electron chi connectivity index (χ1n) is 8.30. The lowest BCUT2D eigenvalue weighted by Crippen LogP contribution is -2.36. The Kier molecular flexibility index (Phi) is 4.20. The molecule has 1 aliphatic heterocycles. The van der Waals surface area contributed by atoms with Crippen LogP contribution in [0.1, 0.15) is 18.7 Å². The Balaban J connectivity index is 1.46. The molecule has 130 valence electrons. The Morgan fingerprint density at radius 1 is 1.32 bits per heavy atom. The van der Waals surface area contributed by atoms with Crippen LogP contribution in [-0.4, -0.2) is 32.0 Å². The van der Waals surface area contributed by atoms with Gasteiger partial charge in [0.25, 0.3) is 5.56 Å². The average molecular weight is 359 g/mol. The van der Waals surface area contributed by atoms with Gasteiger partial charge >= 0.3 is 0 Å². The van der Waals surface area contributed by atoms with Gasteiger partial charge in [0.2, 0.25) is 5.13 Å². The molecule has 1 aromatic carbocycles. The summed E-state index contributed by atoms with van der Waals surface area (Å²) in [6.07, 6.45) is 3.52. The molecule has 0 unspecified atom stereocenters. The second kappa shape index (κ2) is 6.51. The summed E-state index contributed by atoms with van der Waals surface area (Å²) in [6, 6.07) is 4.11. The number of hydrogen-bond acceptors (Lipinski definition) is 6. The van der Waals surface area contributed by atoms with Crippen LogP contribution >= 0.6 is 11.5 Å². The lowest BCUT2D eigenvalue weighted by molar-refractivity contribution is 0.352. The highest BCUT2D eigenvalue weighted by Crippen LogP contribution is 2.25. The van der Waals surface area contributed by atoms with Crippen molar-refractivity contribution in [2.75, 3.05) is 18.0 Å². The molecule has 2 aromatic heterocycles. The summed E-state index contributed by atoms with van der Waals surface area (Å²) in [7, 11) is 0. The second-order valence-electron chi connectivity index (χ2n) is 6.42. The van der Waals surface area contributed by atoms with E-state index in [1.165, 1.54) is 36.1 Å². The van der Waals surface area contributed by atoms with Crippen molar-refractivity contribution < 1.29 is 4.39 Å². The lowest BCUT2D eigenvalue weighted by Gasteiger charge is -2.31. The smallest absolute Gasteiger partial charge is 0.261 e. The van der Waals surface area contributed by atoms with Crippen molar-refractivity contribution in [1.29, 1.82) is 0 Å². The summed E-state index contributed by atoms with van der Waals surface area (Å²) >= 11 is 1.44. The van der Waals surface area contributed by atoms with E-state index in [2.05, 4.69) is 19.2 Å². The summed E-state index contributed by atoms with van der Waals surface area (Å²) in [5, 5.41) is 1.44. The molecular formula is C17H18FN5OS. The van der Waals surface area contributed by atoms with Gasteiger partial charge in [-0.25, -0.2) is 14.4 Å². The number of nitrogens with zero attached hydrogens (tertiary/aromatic N) is 5. The highest BCUT2D eigenvalue weighted by molar-refractivity contribution is 7.09. The first kappa shape index (κ1) is 16.1. The molecule has 3 heterocycles.